The molecule has 1 fully saturated rings. The lowest BCUT2D eigenvalue weighted by atomic mass is 10.3. The Labute approximate surface area is 115 Å². The molecule has 0 spiro atoms. The van der Waals surface area contributed by atoms with Gasteiger partial charge in [0, 0.05) is 17.5 Å². The molecule has 0 radical (unpaired) electrons. The van der Waals surface area contributed by atoms with Gasteiger partial charge < -0.3 is 5.32 Å². The van der Waals surface area contributed by atoms with Crippen molar-refractivity contribution < 1.29 is 0 Å². The molecule has 0 bridgehead atoms. The zero-order valence-electron chi connectivity index (χ0n) is 10.4. The van der Waals surface area contributed by atoms with E-state index in [1.54, 1.807) is 11.3 Å². The predicted octanol–water partition coefficient (Wildman–Crippen LogP) is 3.28. The highest BCUT2D eigenvalue weighted by molar-refractivity contribution is 7.08. The first-order chi connectivity index (χ1) is 9.40. The van der Waals surface area contributed by atoms with E-state index >= 15 is 0 Å². The Morgan fingerprint density at radius 3 is 3.05 bits per heavy atom. The molecule has 3 heterocycles. The molecule has 4 rings (SSSR count). The number of nitrogens with zero attached hydrogens (tertiary/aromatic N) is 3. The fourth-order valence-corrected chi connectivity index (χ4v) is 2.80. The maximum atomic E-state index is 4.64. The van der Waals surface area contributed by atoms with Crippen LogP contribution in [0.1, 0.15) is 12.8 Å². The quantitative estimate of drug-likeness (QED) is 0.791. The van der Waals surface area contributed by atoms with Crippen molar-refractivity contribution in [3.63, 3.8) is 0 Å². The van der Waals surface area contributed by atoms with Gasteiger partial charge in [0.25, 0.3) is 0 Å². The Morgan fingerprint density at radius 2 is 2.26 bits per heavy atom. The summed E-state index contributed by atoms with van der Waals surface area (Å²) in [5.41, 5.74) is 3.11. The monoisotopic (exact) mass is 270 g/mol. The van der Waals surface area contributed by atoms with Crippen LogP contribution in [0.4, 0.5) is 5.82 Å². The Morgan fingerprint density at radius 1 is 1.32 bits per heavy atom. The highest BCUT2D eigenvalue weighted by Gasteiger charge is 2.20. The first-order valence-corrected chi connectivity index (χ1v) is 7.46. The van der Waals surface area contributed by atoms with Gasteiger partial charge in [-0.05, 0) is 42.3 Å². The molecule has 0 atom stereocenters. The van der Waals surface area contributed by atoms with Crippen molar-refractivity contribution >= 4 is 22.8 Å². The molecule has 1 aliphatic carbocycles. The molecule has 4 nitrogen and oxygen atoms in total. The van der Waals surface area contributed by atoms with Crippen LogP contribution in [0.15, 0.2) is 35.2 Å². The Balaban J connectivity index is 1.71. The number of thiophene rings is 1. The highest BCUT2D eigenvalue weighted by atomic mass is 32.1. The summed E-state index contributed by atoms with van der Waals surface area (Å²) in [6.45, 7) is 1.03. The predicted molar refractivity (Wildman–Crippen MR) is 77.5 cm³/mol. The molecule has 1 saturated carbocycles. The van der Waals surface area contributed by atoms with Crippen LogP contribution in [0, 0.1) is 5.92 Å². The SMILES string of the molecule is c1cc(-c2cnc3ccc(NCC4CC4)nn23)cs1. The van der Waals surface area contributed by atoms with Crippen molar-refractivity contribution in [2.24, 2.45) is 5.92 Å². The van der Waals surface area contributed by atoms with Gasteiger partial charge in [-0.1, -0.05) is 0 Å². The van der Waals surface area contributed by atoms with Crippen LogP contribution >= 0.6 is 11.3 Å². The van der Waals surface area contributed by atoms with E-state index in [1.165, 1.54) is 18.4 Å². The number of hydrogen-bond donors (Lipinski definition) is 1. The number of hydrogen-bond acceptors (Lipinski definition) is 4. The van der Waals surface area contributed by atoms with Gasteiger partial charge in [0.05, 0.1) is 11.9 Å². The summed E-state index contributed by atoms with van der Waals surface area (Å²) in [4.78, 5) is 4.40. The molecule has 0 saturated heterocycles. The molecule has 1 aliphatic rings. The van der Waals surface area contributed by atoms with E-state index in [-0.39, 0.29) is 0 Å². The second kappa shape index (κ2) is 4.35. The molecule has 1 N–H and O–H groups in total. The van der Waals surface area contributed by atoms with Crippen LogP contribution in [0.2, 0.25) is 0 Å². The molecular formula is C14H14N4S. The molecule has 0 aliphatic heterocycles. The minimum Gasteiger partial charge on any atom is -0.368 e. The van der Waals surface area contributed by atoms with Crippen molar-refractivity contribution in [3.05, 3.63) is 35.2 Å². The summed E-state index contributed by atoms with van der Waals surface area (Å²) in [6, 6.07) is 6.11. The summed E-state index contributed by atoms with van der Waals surface area (Å²) < 4.78 is 1.91. The number of rotatable bonds is 4. The zero-order chi connectivity index (χ0) is 12.7. The van der Waals surface area contributed by atoms with E-state index in [1.807, 2.05) is 22.8 Å². The number of anilines is 1. The van der Waals surface area contributed by atoms with Crippen LogP contribution in [0.25, 0.3) is 16.9 Å². The third-order valence-corrected chi connectivity index (χ3v) is 4.13. The zero-order valence-corrected chi connectivity index (χ0v) is 11.2. The number of nitrogens with one attached hydrogen (secondary N) is 1. The smallest absolute Gasteiger partial charge is 0.154 e. The lowest BCUT2D eigenvalue weighted by Gasteiger charge is -2.05. The van der Waals surface area contributed by atoms with Gasteiger partial charge >= 0.3 is 0 Å². The largest absolute Gasteiger partial charge is 0.368 e. The Bertz CT molecular complexity index is 697. The third kappa shape index (κ3) is 2.10. The van der Waals surface area contributed by atoms with Crippen molar-refractivity contribution in [1.29, 1.82) is 0 Å². The van der Waals surface area contributed by atoms with Crippen molar-refractivity contribution in [2.75, 3.05) is 11.9 Å². The lowest BCUT2D eigenvalue weighted by Crippen LogP contribution is -2.07. The Hall–Kier alpha value is -1.88. The summed E-state index contributed by atoms with van der Waals surface area (Å²) in [7, 11) is 0. The third-order valence-electron chi connectivity index (χ3n) is 3.45. The second-order valence-corrected chi connectivity index (χ2v) is 5.75. The molecule has 0 unspecified atom stereocenters. The van der Waals surface area contributed by atoms with Gasteiger partial charge in [-0.25, -0.2) is 9.50 Å². The van der Waals surface area contributed by atoms with Crippen LogP contribution in [0.3, 0.4) is 0 Å². The molecule has 0 amide bonds. The second-order valence-electron chi connectivity index (χ2n) is 4.97. The Kier molecular flexibility index (Phi) is 2.51. The molecule has 96 valence electrons. The van der Waals surface area contributed by atoms with Gasteiger partial charge in [-0.3, -0.25) is 0 Å². The van der Waals surface area contributed by atoms with E-state index in [4.69, 9.17) is 0 Å². The normalized spacial score (nSPS) is 14.9. The molecular weight excluding hydrogens is 256 g/mol. The van der Waals surface area contributed by atoms with Crippen molar-refractivity contribution in [2.45, 2.75) is 12.8 Å². The van der Waals surface area contributed by atoms with Gasteiger partial charge in [-0.15, -0.1) is 5.10 Å². The topological polar surface area (TPSA) is 42.2 Å². The van der Waals surface area contributed by atoms with Crippen LogP contribution in [0.5, 0.6) is 0 Å². The number of fused-ring (bicyclic) bond motifs is 1. The summed E-state index contributed by atoms with van der Waals surface area (Å²) in [5.74, 6) is 1.77. The first kappa shape index (κ1) is 11.0. The van der Waals surface area contributed by atoms with E-state index in [0.29, 0.717) is 0 Å². The van der Waals surface area contributed by atoms with Crippen LogP contribution < -0.4 is 5.32 Å². The van der Waals surface area contributed by atoms with E-state index in [0.717, 1.165) is 29.6 Å². The maximum absolute atomic E-state index is 4.64. The average molecular weight is 270 g/mol. The molecule has 3 aromatic heterocycles. The van der Waals surface area contributed by atoms with Gasteiger partial charge in [0.1, 0.15) is 5.82 Å². The molecule has 19 heavy (non-hydrogen) atoms. The fraction of sp³-hybridized carbons (Fsp3) is 0.286. The highest BCUT2D eigenvalue weighted by Crippen LogP contribution is 2.29. The van der Waals surface area contributed by atoms with Gasteiger partial charge in [0.15, 0.2) is 5.65 Å². The lowest BCUT2D eigenvalue weighted by molar-refractivity contribution is 0.862. The number of imidazole rings is 1. The molecule has 5 heteroatoms. The minimum absolute atomic E-state index is 0.844. The van der Waals surface area contributed by atoms with Gasteiger partial charge in [0.2, 0.25) is 0 Å². The summed E-state index contributed by atoms with van der Waals surface area (Å²) in [6.07, 6.45) is 4.58. The molecule has 0 aromatic carbocycles. The number of aromatic nitrogens is 3. The first-order valence-electron chi connectivity index (χ1n) is 6.51. The van der Waals surface area contributed by atoms with Crippen molar-refractivity contribution in [3.8, 4) is 11.3 Å². The van der Waals surface area contributed by atoms with E-state index in [9.17, 15) is 0 Å². The van der Waals surface area contributed by atoms with Crippen molar-refractivity contribution in [1.82, 2.24) is 14.6 Å². The van der Waals surface area contributed by atoms with Crippen LogP contribution in [-0.4, -0.2) is 21.1 Å². The van der Waals surface area contributed by atoms with Crippen LogP contribution in [-0.2, 0) is 0 Å². The van der Waals surface area contributed by atoms with Gasteiger partial charge in [-0.2, -0.15) is 11.3 Å². The maximum Gasteiger partial charge on any atom is 0.154 e. The fourth-order valence-electron chi connectivity index (χ4n) is 2.15. The van der Waals surface area contributed by atoms with E-state index in [2.05, 4.69) is 32.2 Å². The minimum atomic E-state index is 0.844. The average Bonchev–Trinajstić information content (AvgIpc) is 2.94. The standard InChI is InChI=1S/C14H14N4S/c1-2-10(1)7-15-13-3-4-14-16-8-12(18(14)17-13)11-5-6-19-9-11/h3-6,8-10H,1-2,7H2,(H,15,17). The molecule has 3 aromatic rings. The summed E-state index contributed by atoms with van der Waals surface area (Å²) in [5, 5.41) is 12.2. The summed E-state index contributed by atoms with van der Waals surface area (Å²) >= 11 is 1.69. The van der Waals surface area contributed by atoms with E-state index < -0.39 is 0 Å².